The van der Waals surface area contributed by atoms with Crippen LogP contribution < -0.4 is 9.47 Å². The number of rotatable bonds is 7. The quantitative estimate of drug-likeness (QED) is 0.416. The summed E-state index contributed by atoms with van der Waals surface area (Å²) in [5, 5.41) is 2.19. The van der Waals surface area contributed by atoms with Crippen LogP contribution >= 0.6 is 0 Å². The lowest BCUT2D eigenvalue weighted by Gasteiger charge is -2.10. The van der Waals surface area contributed by atoms with Crippen molar-refractivity contribution in [2.45, 2.75) is 13.3 Å². The van der Waals surface area contributed by atoms with Crippen LogP contribution in [0.3, 0.4) is 0 Å². The summed E-state index contributed by atoms with van der Waals surface area (Å²) in [4.78, 5) is 12.5. The number of allylic oxidation sites excluding steroid dienone is 1. The molecule has 0 unspecified atom stereocenters. The van der Waals surface area contributed by atoms with E-state index in [-0.39, 0.29) is 5.78 Å². The van der Waals surface area contributed by atoms with Crippen LogP contribution in [-0.4, -0.2) is 19.5 Å². The second-order valence-corrected chi connectivity index (χ2v) is 6.02. The molecule has 0 aliphatic rings. The van der Waals surface area contributed by atoms with Gasteiger partial charge in [-0.05, 0) is 47.0 Å². The minimum atomic E-state index is -0.0254. The molecule has 3 nitrogen and oxygen atoms in total. The van der Waals surface area contributed by atoms with Gasteiger partial charge in [0.25, 0.3) is 0 Å². The molecule has 0 aliphatic carbocycles. The number of fused-ring (bicyclic) bond motifs is 1. The molecule has 3 aromatic rings. The Balaban J connectivity index is 1.80. The van der Waals surface area contributed by atoms with Crippen molar-refractivity contribution in [2.24, 2.45) is 0 Å². The van der Waals surface area contributed by atoms with Gasteiger partial charge < -0.3 is 9.47 Å². The van der Waals surface area contributed by atoms with Gasteiger partial charge in [0.15, 0.2) is 17.3 Å². The molecular formula is C23H22O3. The van der Waals surface area contributed by atoms with E-state index in [1.165, 1.54) is 0 Å². The molecule has 0 saturated heterocycles. The Morgan fingerprint density at radius 1 is 0.962 bits per heavy atom. The fourth-order valence-electron chi connectivity index (χ4n) is 2.73. The number of hydrogen-bond acceptors (Lipinski definition) is 3. The normalized spacial score (nSPS) is 11.0. The Bertz CT molecular complexity index is 941. The van der Waals surface area contributed by atoms with Crippen molar-refractivity contribution in [3.05, 3.63) is 77.9 Å². The van der Waals surface area contributed by atoms with Crippen LogP contribution in [0, 0.1) is 0 Å². The van der Waals surface area contributed by atoms with Crippen LogP contribution in [0.25, 0.3) is 16.8 Å². The lowest BCUT2D eigenvalue weighted by atomic mass is 10.0. The average molecular weight is 346 g/mol. The van der Waals surface area contributed by atoms with Gasteiger partial charge in [0.05, 0.1) is 13.7 Å². The van der Waals surface area contributed by atoms with Gasteiger partial charge in [-0.1, -0.05) is 55.5 Å². The Morgan fingerprint density at radius 2 is 1.77 bits per heavy atom. The molecule has 0 N–H and O–H groups in total. The summed E-state index contributed by atoms with van der Waals surface area (Å²) in [5.74, 6) is 1.36. The van der Waals surface area contributed by atoms with Crippen LogP contribution in [-0.2, 0) is 0 Å². The standard InChI is InChI=1S/C23H22O3/c1-3-14-26-23-15-17(9-13-22(23)25-2)8-12-21(24)20-11-10-18-6-4-5-7-19(18)16-20/h4-13,15-16H,3,14H2,1-2H3/b12-8+. The Labute approximate surface area is 153 Å². The molecule has 0 atom stereocenters. The second kappa shape index (κ2) is 8.34. The maximum absolute atomic E-state index is 12.5. The number of ether oxygens (including phenoxy) is 2. The molecule has 0 amide bonds. The lowest BCUT2D eigenvalue weighted by Crippen LogP contribution is -1.98. The number of benzene rings is 3. The van der Waals surface area contributed by atoms with Crippen molar-refractivity contribution in [2.75, 3.05) is 13.7 Å². The van der Waals surface area contributed by atoms with E-state index in [0.717, 1.165) is 22.8 Å². The lowest BCUT2D eigenvalue weighted by molar-refractivity contribution is 0.104. The van der Waals surface area contributed by atoms with E-state index in [1.807, 2.05) is 60.7 Å². The van der Waals surface area contributed by atoms with Crippen molar-refractivity contribution in [1.82, 2.24) is 0 Å². The predicted molar refractivity (Wildman–Crippen MR) is 106 cm³/mol. The molecule has 0 heterocycles. The first-order chi connectivity index (χ1) is 12.7. The first-order valence-electron chi connectivity index (χ1n) is 8.73. The smallest absolute Gasteiger partial charge is 0.185 e. The molecule has 26 heavy (non-hydrogen) atoms. The first kappa shape index (κ1) is 17.7. The van der Waals surface area contributed by atoms with Gasteiger partial charge in [-0.25, -0.2) is 0 Å². The summed E-state index contributed by atoms with van der Waals surface area (Å²) in [6.07, 6.45) is 4.31. The summed E-state index contributed by atoms with van der Waals surface area (Å²) in [6, 6.07) is 19.4. The molecule has 0 saturated carbocycles. The third-order valence-electron chi connectivity index (χ3n) is 4.11. The van der Waals surface area contributed by atoms with Crippen molar-refractivity contribution in [1.29, 1.82) is 0 Å². The summed E-state index contributed by atoms with van der Waals surface area (Å²) < 4.78 is 11.0. The zero-order valence-corrected chi connectivity index (χ0v) is 15.1. The van der Waals surface area contributed by atoms with Crippen LogP contribution in [0.2, 0.25) is 0 Å². The number of hydrogen-bond donors (Lipinski definition) is 0. The molecule has 3 rings (SSSR count). The summed E-state index contributed by atoms with van der Waals surface area (Å²) in [6.45, 7) is 2.68. The zero-order valence-electron chi connectivity index (χ0n) is 15.1. The van der Waals surface area contributed by atoms with Gasteiger partial charge in [-0.2, -0.15) is 0 Å². The molecule has 0 aromatic heterocycles. The Morgan fingerprint density at radius 3 is 2.54 bits per heavy atom. The molecule has 0 fully saturated rings. The monoisotopic (exact) mass is 346 g/mol. The van der Waals surface area contributed by atoms with Gasteiger partial charge in [0, 0.05) is 5.56 Å². The van der Waals surface area contributed by atoms with Gasteiger partial charge in [0.2, 0.25) is 0 Å². The van der Waals surface area contributed by atoms with E-state index in [2.05, 4.69) is 6.92 Å². The molecule has 3 aromatic carbocycles. The highest BCUT2D eigenvalue weighted by atomic mass is 16.5. The third-order valence-corrected chi connectivity index (χ3v) is 4.11. The summed E-state index contributed by atoms with van der Waals surface area (Å²) >= 11 is 0. The molecule has 132 valence electrons. The molecule has 0 spiro atoms. The zero-order chi connectivity index (χ0) is 18.4. The maximum atomic E-state index is 12.5. The van der Waals surface area contributed by atoms with E-state index in [0.29, 0.717) is 23.7 Å². The first-order valence-corrected chi connectivity index (χ1v) is 8.73. The Hall–Kier alpha value is -3.07. The largest absolute Gasteiger partial charge is 0.493 e. The second-order valence-electron chi connectivity index (χ2n) is 6.02. The molecular weight excluding hydrogens is 324 g/mol. The number of carbonyl (C=O) groups excluding carboxylic acids is 1. The van der Waals surface area contributed by atoms with E-state index < -0.39 is 0 Å². The van der Waals surface area contributed by atoms with Crippen molar-refractivity contribution < 1.29 is 14.3 Å². The maximum Gasteiger partial charge on any atom is 0.185 e. The van der Waals surface area contributed by atoms with E-state index in [4.69, 9.17) is 9.47 Å². The van der Waals surface area contributed by atoms with Crippen LogP contribution in [0.15, 0.2) is 66.7 Å². The molecule has 0 radical (unpaired) electrons. The predicted octanol–water partition coefficient (Wildman–Crippen LogP) is 5.53. The molecule has 3 heteroatoms. The topological polar surface area (TPSA) is 35.5 Å². The Kier molecular flexibility index (Phi) is 5.69. The third kappa shape index (κ3) is 4.12. The van der Waals surface area contributed by atoms with Gasteiger partial charge in [-0.3, -0.25) is 4.79 Å². The molecule has 0 aliphatic heterocycles. The van der Waals surface area contributed by atoms with E-state index in [1.54, 1.807) is 19.3 Å². The number of methoxy groups -OCH3 is 1. The van der Waals surface area contributed by atoms with E-state index >= 15 is 0 Å². The van der Waals surface area contributed by atoms with Gasteiger partial charge in [-0.15, -0.1) is 0 Å². The van der Waals surface area contributed by atoms with Crippen molar-refractivity contribution >= 4 is 22.6 Å². The van der Waals surface area contributed by atoms with Crippen LogP contribution in [0.5, 0.6) is 11.5 Å². The van der Waals surface area contributed by atoms with Gasteiger partial charge >= 0.3 is 0 Å². The van der Waals surface area contributed by atoms with Crippen molar-refractivity contribution in [3.8, 4) is 11.5 Å². The number of ketones is 1. The minimum absolute atomic E-state index is 0.0254. The fraction of sp³-hybridized carbons (Fsp3) is 0.174. The van der Waals surface area contributed by atoms with E-state index in [9.17, 15) is 4.79 Å². The summed E-state index contributed by atoms with van der Waals surface area (Å²) in [5.41, 5.74) is 1.57. The highest BCUT2D eigenvalue weighted by Gasteiger charge is 2.06. The number of carbonyl (C=O) groups is 1. The van der Waals surface area contributed by atoms with Crippen LogP contribution in [0.4, 0.5) is 0 Å². The molecule has 0 bridgehead atoms. The average Bonchev–Trinajstić information content (AvgIpc) is 2.70. The van der Waals surface area contributed by atoms with Crippen LogP contribution in [0.1, 0.15) is 29.3 Å². The fourth-order valence-corrected chi connectivity index (χ4v) is 2.73. The highest BCUT2D eigenvalue weighted by molar-refractivity contribution is 6.08. The summed E-state index contributed by atoms with van der Waals surface area (Å²) in [7, 11) is 1.62. The van der Waals surface area contributed by atoms with Gasteiger partial charge in [0.1, 0.15) is 0 Å². The van der Waals surface area contributed by atoms with Crippen molar-refractivity contribution in [3.63, 3.8) is 0 Å². The highest BCUT2D eigenvalue weighted by Crippen LogP contribution is 2.28. The minimum Gasteiger partial charge on any atom is -0.493 e. The SMILES string of the molecule is CCCOc1cc(/C=C/C(=O)c2ccc3ccccc3c2)ccc1OC.